The molecule has 1 aliphatic heterocycles. The molecule has 98 valence electrons. The van der Waals surface area contributed by atoms with E-state index in [4.69, 9.17) is 0 Å². The van der Waals surface area contributed by atoms with Crippen LogP contribution in [-0.2, 0) is 11.2 Å². The quantitative estimate of drug-likeness (QED) is 0.903. The number of nitrogens with one attached hydrogen (secondary N) is 1. The third-order valence-corrected chi connectivity index (χ3v) is 4.29. The van der Waals surface area contributed by atoms with E-state index in [0.29, 0.717) is 12.3 Å². The van der Waals surface area contributed by atoms with Crippen LogP contribution >= 0.6 is 15.9 Å². The standard InChI is InChI=1S/C15H20BrNO/c1-11(2)9-15(8-7-14(18)17-15)10-12-5-3-4-6-13(12)16/h3-6,11H,7-10H2,1-2H3,(H,17,18). The van der Waals surface area contributed by atoms with E-state index in [0.717, 1.165) is 23.7 Å². The van der Waals surface area contributed by atoms with Crippen molar-refractivity contribution in [1.29, 1.82) is 0 Å². The zero-order valence-electron chi connectivity index (χ0n) is 11.0. The molecule has 1 aromatic rings. The van der Waals surface area contributed by atoms with Crippen molar-refractivity contribution in [2.75, 3.05) is 0 Å². The van der Waals surface area contributed by atoms with Gasteiger partial charge in [-0.15, -0.1) is 0 Å². The molecule has 0 spiro atoms. The van der Waals surface area contributed by atoms with Crippen molar-refractivity contribution < 1.29 is 4.79 Å². The number of benzene rings is 1. The van der Waals surface area contributed by atoms with Crippen LogP contribution in [0.3, 0.4) is 0 Å². The maximum absolute atomic E-state index is 11.6. The van der Waals surface area contributed by atoms with E-state index in [2.05, 4.69) is 53.3 Å². The summed E-state index contributed by atoms with van der Waals surface area (Å²) < 4.78 is 1.13. The molecule has 1 saturated heterocycles. The number of amides is 1. The first kappa shape index (κ1) is 13.6. The number of hydrogen-bond acceptors (Lipinski definition) is 1. The Balaban J connectivity index is 2.21. The lowest BCUT2D eigenvalue weighted by Gasteiger charge is -2.31. The molecule has 1 amide bonds. The molecular weight excluding hydrogens is 290 g/mol. The van der Waals surface area contributed by atoms with Crippen molar-refractivity contribution in [3.05, 3.63) is 34.3 Å². The van der Waals surface area contributed by atoms with Gasteiger partial charge in [0, 0.05) is 16.4 Å². The molecule has 1 fully saturated rings. The van der Waals surface area contributed by atoms with Crippen molar-refractivity contribution in [2.45, 2.75) is 45.1 Å². The fourth-order valence-electron chi connectivity index (χ4n) is 2.92. The van der Waals surface area contributed by atoms with E-state index in [1.54, 1.807) is 0 Å². The van der Waals surface area contributed by atoms with Crippen LogP contribution in [-0.4, -0.2) is 11.4 Å². The summed E-state index contributed by atoms with van der Waals surface area (Å²) in [5.41, 5.74) is 1.23. The van der Waals surface area contributed by atoms with Gasteiger partial charge in [-0.25, -0.2) is 0 Å². The molecule has 1 unspecified atom stereocenters. The summed E-state index contributed by atoms with van der Waals surface area (Å²) >= 11 is 3.60. The second-order valence-electron chi connectivity index (χ2n) is 5.69. The highest BCUT2D eigenvalue weighted by atomic mass is 79.9. The Kier molecular flexibility index (Phi) is 4.10. The number of carbonyl (C=O) groups excluding carboxylic acids is 1. The van der Waals surface area contributed by atoms with E-state index in [-0.39, 0.29) is 11.4 Å². The molecule has 2 nitrogen and oxygen atoms in total. The van der Waals surface area contributed by atoms with Gasteiger partial charge in [-0.2, -0.15) is 0 Å². The second-order valence-corrected chi connectivity index (χ2v) is 6.55. The molecule has 0 aliphatic carbocycles. The van der Waals surface area contributed by atoms with Crippen molar-refractivity contribution >= 4 is 21.8 Å². The molecule has 1 atom stereocenters. The van der Waals surface area contributed by atoms with Gasteiger partial charge >= 0.3 is 0 Å². The topological polar surface area (TPSA) is 29.1 Å². The summed E-state index contributed by atoms with van der Waals surface area (Å²) in [5, 5.41) is 3.21. The SMILES string of the molecule is CC(C)CC1(Cc2ccccc2Br)CCC(=O)N1. The summed E-state index contributed by atoms with van der Waals surface area (Å²) in [6, 6.07) is 8.28. The zero-order chi connectivity index (χ0) is 13.2. The van der Waals surface area contributed by atoms with Gasteiger partial charge in [0.25, 0.3) is 0 Å². The van der Waals surface area contributed by atoms with Crippen LogP contribution in [0.15, 0.2) is 28.7 Å². The Morgan fingerprint density at radius 3 is 2.67 bits per heavy atom. The zero-order valence-corrected chi connectivity index (χ0v) is 12.6. The Labute approximate surface area is 117 Å². The molecule has 18 heavy (non-hydrogen) atoms. The van der Waals surface area contributed by atoms with Crippen LogP contribution < -0.4 is 5.32 Å². The molecule has 3 heteroatoms. The maximum Gasteiger partial charge on any atom is 0.220 e. The molecule has 1 heterocycles. The van der Waals surface area contributed by atoms with Gasteiger partial charge in [0.05, 0.1) is 0 Å². The fourth-order valence-corrected chi connectivity index (χ4v) is 3.34. The molecule has 0 aromatic heterocycles. The highest BCUT2D eigenvalue weighted by Gasteiger charge is 2.38. The highest BCUT2D eigenvalue weighted by molar-refractivity contribution is 9.10. The molecule has 0 radical (unpaired) electrons. The monoisotopic (exact) mass is 309 g/mol. The first-order valence-corrected chi connectivity index (χ1v) is 7.34. The number of hydrogen-bond donors (Lipinski definition) is 1. The fraction of sp³-hybridized carbons (Fsp3) is 0.533. The predicted octanol–water partition coefficient (Wildman–Crippen LogP) is 3.69. The number of halogens is 1. The second kappa shape index (κ2) is 5.43. The van der Waals surface area contributed by atoms with E-state index in [1.165, 1.54) is 5.56 Å². The lowest BCUT2D eigenvalue weighted by molar-refractivity contribution is -0.119. The van der Waals surface area contributed by atoms with E-state index < -0.39 is 0 Å². The smallest absolute Gasteiger partial charge is 0.220 e. The minimum Gasteiger partial charge on any atom is -0.350 e. The molecule has 0 saturated carbocycles. The Morgan fingerprint density at radius 2 is 2.11 bits per heavy atom. The Bertz CT molecular complexity index is 444. The van der Waals surface area contributed by atoms with Gasteiger partial charge in [0.2, 0.25) is 5.91 Å². The van der Waals surface area contributed by atoms with E-state index in [9.17, 15) is 4.79 Å². The summed E-state index contributed by atoms with van der Waals surface area (Å²) in [7, 11) is 0. The number of rotatable bonds is 4. The molecule has 2 rings (SSSR count). The molecule has 1 N–H and O–H groups in total. The van der Waals surface area contributed by atoms with Gasteiger partial charge in [-0.3, -0.25) is 4.79 Å². The lowest BCUT2D eigenvalue weighted by atomic mass is 9.82. The first-order valence-electron chi connectivity index (χ1n) is 6.55. The van der Waals surface area contributed by atoms with Gasteiger partial charge < -0.3 is 5.32 Å². The highest BCUT2D eigenvalue weighted by Crippen LogP contribution is 2.33. The average molecular weight is 310 g/mol. The van der Waals surface area contributed by atoms with Crippen LogP contribution in [0, 0.1) is 5.92 Å². The normalized spacial score (nSPS) is 23.4. The first-order chi connectivity index (χ1) is 8.51. The van der Waals surface area contributed by atoms with Crippen LogP contribution in [0.1, 0.15) is 38.7 Å². The molecule has 0 bridgehead atoms. The summed E-state index contributed by atoms with van der Waals surface area (Å²) in [6.45, 7) is 4.43. The predicted molar refractivity (Wildman–Crippen MR) is 77.4 cm³/mol. The van der Waals surface area contributed by atoms with Gasteiger partial charge in [-0.1, -0.05) is 48.0 Å². The van der Waals surface area contributed by atoms with Gasteiger partial charge in [0.15, 0.2) is 0 Å². The molecule has 1 aromatic carbocycles. The summed E-state index contributed by atoms with van der Waals surface area (Å²) in [6.07, 6.45) is 3.57. The van der Waals surface area contributed by atoms with Crippen LogP contribution in [0.2, 0.25) is 0 Å². The third kappa shape index (κ3) is 3.14. The number of carbonyl (C=O) groups is 1. The Hall–Kier alpha value is -0.830. The Morgan fingerprint density at radius 1 is 1.39 bits per heavy atom. The minimum absolute atomic E-state index is 0.0465. The average Bonchev–Trinajstić information content (AvgIpc) is 2.62. The van der Waals surface area contributed by atoms with Gasteiger partial charge in [0.1, 0.15) is 0 Å². The summed E-state index contributed by atoms with van der Waals surface area (Å²) in [4.78, 5) is 11.6. The third-order valence-electron chi connectivity index (χ3n) is 3.52. The maximum atomic E-state index is 11.6. The van der Waals surface area contributed by atoms with E-state index in [1.807, 2.05) is 6.07 Å². The largest absolute Gasteiger partial charge is 0.350 e. The van der Waals surface area contributed by atoms with Gasteiger partial charge in [-0.05, 0) is 36.8 Å². The van der Waals surface area contributed by atoms with Crippen molar-refractivity contribution in [2.24, 2.45) is 5.92 Å². The van der Waals surface area contributed by atoms with Crippen LogP contribution in [0.5, 0.6) is 0 Å². The lowest BCUT2D eigenvalue weighted by Crippen LogP contribution is -2.44. The molecule has 1 aliphatic rings. The molecular formula is C15H20BrNO. The summed E-state index contributed by atoms with van der Waals surface area (Å²) in [5.74, 6) is 0.786. The van der Waals surface area contributed by atoms with E-state index >= 15 is 0 Å². The van der Waals surface area contributed by atoms with Crippen molar-refractivity contribution in [3.8, 4) is 0 Å². The minimum atomic E-state index is -0.0465. The van der Waals surface area contributed by atoms with Crippen molar-refractivity contribution in [1.82, 2.24) is 5.32 Å². The van der Waals surface area contributed by atoms with Crippen LogP contribution in [0.4, 0.5) is 0 Å². The van der Waals surface area contributed by atoms with Crippen LogP contribution in [0.25, 0.3) is 0 Å². The van der Waals surface area contributed by atoms with Crippen molar-refractivity contribution in [3.63, 3.8) is 0 Å².